The molecule has 0 aliphatic carbocycles. The van der Waals surface area contributed by atoms with Crippen LogP contribution in [-0.2, 0) is 11.2 Å². The number of nitrogens with one attached hydrogen (secondary N) is 1. The molecular weight excluding hydrogens is 340 g/mol. The Morgan fingerprint density at radius 3 is 2.76 bits per heavy atom. The van der Waals surface area contributed by atoms with Crippen molar-refractivity contribution in [2.75, 3.05) is 5.32 Å². The third-order valence-electron chi connectivity index (χ3n) is 3.56. The number of benzene rings is 1. The minimum atomic E-state index is -0.406. The predicted molar refractivity (Wildman–Crippen MR) is 93.7 cm³/mol. The maximum atomic E-state index is 12.3. The standard InChI is InChI=1S/C16H18N6O2S/c1-4-12-5-7-13(8-6-12)22-16(18-20-21-22)25-11(3)15(23)17-14-9-10(2)24-19-14/h5-9,11H,4H2,1-3H3,(H,17,19,23)/t11-/m0/s1. The molecule has 1 amide bonds. The fraction of sp³-hybridized carbons (Fsp3) is 0.312. The van der Waals surface area contributed by atoms with Crippen LogP contribution in [0.15, 0.2) is 40.0 Å². The van der Waals surface area contributed by atoms with E-state index in [1.54, 1.807) is 24.6 Å². The van der Waals surface area contributed by atoms with Gasteiger partial charge in [0.1, 0.15) is 5.76 Å². The second-order valence-corrected chi connectivity index (χ2v) is 6.77. The van der Waals surface area contributed by atoms with Crippen molar-refractivity contribution < 1.29 is 9.32 Å². The van der Waals surface area contributed by atoms with E-state index < -0.39 is 5.25 Å². The molecule has 3 rings (SSSR count). The van der Waals surface area contributed by atoms with Gasteiger partial charge in [-0.05, 0) is 48.4 Å². The van der Waals surface area contributed by atoms with Gasteiger partial charge in [-0.25, -0.2) is 0 Å². The molecule has 9 heteroatoms. The molecule has 1 atom stereocenters. The van der Waals surface area contributed by atoms with E-state index in [-0.39, 0.29) is 5.91 Å². The van der Waals surface area contributed by atoms with Gasteiger partial charge in [-0.15, -0.1) is 5.10 Å². The van der Waals surface area contributed by atoms with Crippen LogP contribution >= 0.6 is 11.8 Å². The highest BCUT2D eigenvalue weighted by Crippen LogP contribution is 2.24. The first-order valence-electron chi connectivity index (χ1n) is 7.85. The number of hydrogen-bond donors (Lipinski definition) is 1. The topological polar surface area (TPSA) is 98.7 Å². The molecule has 0 bridgehead atoms. The quantitative estimate of drug-likeness (QED) is 0.676. The summed E-state index contributed by atoms with van der Waals surface area (Å²) in [6.45, 7) is 5.65. The largest absolute Gasteiger partial charge is 0.360 e. The number of aromatic nitrogens is 5. The summed E-state index contributed by atoms with van der Waals surface area (Å²) in [7, 11) is 0. The molecule has 2 heterocycles. The van der Waals surface area contributed by atoms with Crippen molar-refractivity contribution in [3.05, 3.63) is 41.7 Å². The van der Waals surface area contributed by atoms with Gasteiger partial charge in [-0.2, -0.15) is 4.68 Å². The minimum Gasteiger partial charge on any atom is -0.360 e. The van der Waals surface area contributed by atoms with Crippen LogP contribution in [0.2, 0.25) is 0 Å². The molecular formula is C16H18N6O2S. The lowest BCUT2D eigenvalue weighted by Gasteiger charge is -2.10. The summed E-state index contributed by atoms with van der Waals surface area (Å²) < 4.78 is 6.56. The smallest absolute Gasteiger partial charge is 0.238 e. The first kappa shape index (κ1) is 17.2. The Labute approximate surface area is 149 Å². The zero-order valence-corrected chi connectivity index (χ0v) is 14.9. The summed E-state index contributed by atoms with van der Waals surface area (Å²) in [4.78, 5) is 12.3. The molecule has 2 aromatic heterocycles. The number of rotatable bonds is 6. The monoisotopic (exact) mass is 358 g/mol. The lowest BCUT2D eigenvalue weighted by Crippen LogP contribution is -2.23. The van der Waals surface area contributed by atoms with Gasteiger partial charge in [0.25, 0.3) is 0 Å². The van der Waals surface area contributed by atoms with E-state index in [4.69, 9.17) is 4.52 Å². The van der Waals surface area contributed by atoms with Crippen LogP contribution in [0.5, 0.6) is 0 Å². The highest BCUT2D eigenvalue weighted by atomic mass is 32.2. The average Bonchev–Trinajstić information content (AvgIpc) is 3.24. The van der Waals surface area contributed by atoms with Crippen LogP contribution in [0.4, 0.5) is 5.82 Å². The van der Waals surface area contributed by atoms with Crippen LogP contribution in [0, 0.1) is 6.92 Å². The number of carbonyl (C=O) groups is 1. The fourth-order valence-corrected chi connectivity index (χ4v) is 2.96. The van der Waals surface area contributed by atoms with E-state index >= 15 is 0 Å². The minimum absolute atomic E-state index is 0.200. The normalized spacial score (nSPS) is 12.1. The van der Waals surface area contributed by atoms with Crippen LogP contribution in [-0.4, -0.2) is 36.5 Å². The van der Waals surface area contributed by atoms with E-state index in [0.29, 0.717) is 16.7 Å². The molecule has 0 aliphatic rings. The van der Waals surface area contributed by atoms with Crippen molar-refractivity contribution in [2.24, 2.45) is 0 Å². The Morgan fingerprint density at radius 2 is 2.12 bits per heavy atom. The first-order chi connectivity index (χ1) is 12.1. The number of anilines is 1. The van der Waals surface area contributed by atoms with Crippen molar-refractivity contribution in [3.63, 3.8) is 0 Å². The second kappa shape index (κ2) is 7.47. The van der Waals surface area contributed by atoms with E-state index in [9.17, 15) is 4.79 Å². The Kier molecular flexibility index (Phi) is 5.13. The maximum absolute atomic E-state index is 12.3. The molecule has 1 aromatic carbocycles. The number of tetrazole rings is 1. The molecule has 25 heavy (non-hydrogen) atoms. The zero-order chi connectivity index (χ0) is 17.8. The molecule has 0 spiro atoms. The fourth-order valence-electron chi connectivity index (χ4n) is 2.15. The average molecular weight is 358 g/mol. The van der Waals surface area contributed by atoms with Crippen LogP contribution < -0.4 is 5.32 Å². The Hall–Kier alpha value is -2.68. The highest BCUT2D eigenvalue weighted by Gasteiger charge is 2.20. The van der Waals surface area contributed by atoms with Gasteiger partial charge in [-0.3, -0.25) is 4.79 Å². The molecule has 0 fully saturated rings. The van der Waals surface area contributed by atoms with E-state index in [1.165, 1.54) is 17.3 Å². The van der Waals surface area contributed by atoms with Crippen LogP contribution in [0.3, 0.4) is 0 Å². The first-order valence-corrected chi connectivity index (χ1v) is 8.73. The van der Waals surface area contributed by atoms with Gasteiger partial charge in [0.05, 0.1) is 10.9 Å². The van der Waals surface area contributed by atoms with E-state index in [1.807, 2.05) is 24.3 Å². The van der Waals surface area contributed by atoms with Crippen molar-refractivity contribution in [2.45, 2.75) is 37.6 Å². The number of nitrogens with zero attached hydrogens (tertiary/aromatic N) is 5. The summed E-state index contributed by atoms with van der Waals surface area (Å²) in [6, 6.07) is 9.65. The SMILES string of the molecule is CCc1ccc(-n2nnnc2S[C@@H](C)C(=O)Nc2cc(C)on2)cc1. The van der Waals surface area contributed by atoms with Gasteiger partial charge in [0, 0.05) is 6.07 Å². The lowest BCUT2D eigenvalue weighted by atomic mass is 10.1. The van der Waals surface area contributed by atoms with Crippen molar-refractivity contribution in [1.29, 1.82) is 0 Å². The number of amides is 1. The summed E-state index contributed by atoms with van der Waals surface area (Å²) >= 11 is 1.27. The van der Waals surface area contributed by atoms with Gasteiger partial charge in [0.15, 0.2) is 5.82 Å². The Bertz CT molecular complexity index is 858. The van der Waals surface area contributed by atoms with Crippen molar-refractivity contribution in [3.8, 4) is 5.69 Å². The molecule has 3 aromatic rings. The maximum Gasteiger partial charge on any atom is 0.238 e. The van der Waals surface area contributed by atoms with Gasteiger partial charge in [-0.1, -0.05) is 36.0 Å². The number of carbonyl (C=O) groups excluding carboxylic acids is 1. The van der Waals surface area contributed by atoms with Crippen LogP contribution in [0.1, 0.15) is 25.2 Å². The number of thioether (sulfide) groups is 1. The lowest BCUT2D eigenvalue weighted by molar-refractivity contribution is -0.115. The third kappa shape index (κ3) is 4.05. The summed E-state index contributed by atoms with van der Waals surface area (Å²) in [5.41, 5.74) is 2.09. The Morgan fingerprint density at radius 1 is 1.36 bits per heavy atom. The highest BCUT2D eigenvalue weighted by molar-refractivity contribution is 8.00. The van der Waals surface area contributed by atoms with Gasteiger partial charge >= 0.3 is 0 Å². The summed E-state index contributed by atoms with van der Waals surface area (Å²) in [6.07, 6.45) is 0.968. The molecule has 0 saturated heterocycles. The predicted octanol–water partition coefficient (Wildman–Crippen LogP) is 2.64. The molecule has 1 N–H and O–H groups in total. The van der Waals surface area contributed by atoms with E-state index in [2.05, 4.69) is 32.9 Å². The Balaban J connectivity index is 1.70. The number of aryl methyl sites for hydroxylation is 2. The summed E-state index contributed by atoms with van der Waals surface area (Å²) in [5.74, 6) is 0.828. The molecule has 8 nitrogen and oxygen atoms in total. The van der Waals surface area contributed by atoms with Crippen LogP contribution in [0.25, 0.3) is 5.69 Å². The third-order valence-corrected chi connectivity index (χ3v) is 4.59. The van der Waals surface area contributed by atoms with E-state index in [0.717, 1.165) is 12.1 Å². The summed E-state index contributed by atoms with van der Waals surface area (Å²) in [5, 5.41) is 18.4. The number of hydrogen-bond acceptors (Lipinski definition) is 7. The molecule has 0 unspecified atom stereocenters. The molecule has 0 radical (unpaired) electrons. The second-order valence-electron chi connectivity index (χ2n) is 5.47. The van der Waals surface area contributed by atoms with Gasteiger partial charge < -0.3 is 9.84 Å². The van der Waals surface area contributed by atoms with Crippen molar-refractivity contribution >= 4 is 23.5 Å². The molecule has 0 saturated carbocycles. The molecule has 0 aliphatic heterocycles. The van der Waals surface area contributed by atoms with Crippen molar-refractivity contribution in [1.82, 2.24) is 25.4 Å². The molecule has 130 valence electrons. The van der Waals surface area contributed by atoms with Gasteiger partial charge in [0.2, 0.25) is 11.1 Å². The zero-order valence-electron chi connectivity index (χ0n) is 14.1.